The van der Waals surface area contributed by atoms with Crippen molar-refractivity contribution in [2.75, 3.05) is 6.54 Å². The van der Waals surface area contributed by atoms with Gasteiger partial charge in [-0.2, -0.15) is 0 Å². The van der Waals surface area contributed by atoms with Crippen LogP contribution in [-0.2, 0) is 29.1 Å². The number of hydrogen-bond acceptors (Lipinski definition) is 12. The van der Waals surface area contributed by atoms with Crippen LogP contribution in [0.15, 0.2) is 77.8 Å². The minimum Gasteiger partial charge on any atom is -0.471 e. The van der Waals surface area contributed by atoms with Gasteiger partial charge in [0.2, 0.25) is 17.7 Å². The average molecular weight is 850 g/mol. The van der Waals surface area contributed by atoms with Gasteiger partial charge in [0, 0.05) is 24.7 Å². The van der Waals surface area contributed by atoms with Crippen molar-refractivity contribution in [3.05, 3.63) is 77.9 Å². The van der Waals surface area contributed by atoms with Gasteiger partial charge in [0.05, 0.1) is 27.5 Å². The van der Waals surface area contributed by atoms with Crippen molar-refractivity contribution in [2.45, 2.75) is 94.0 Å². The number of amides is 4. The third-order valence-corrected chi connectivity index (χ3v) is 13.3. The Morgan fingerprint density at radius 3 is 2.41 bits per heavy atom. The molecule has 7 rings (SSSR count). The second-order valence-electron chi connectivity index (χ2n) is 15.8. The van der Waals surface area contributed by atoms with E-state index < -0.39 is 73.8 Å². The van der Waals surface area contributed by atoms with Crippen molar-refractivity contribution in [1.82, 2.24) is 35.2 Å². The number of carbonyl (C=O) groups excluding carboxylic acids is 4. The summed E-state index contributed by atoms with van der Waals surface area (Å²) in [7, 11) is -4.50. The molecule has 15 nitrogen and oxygen atoms in total. The van der Waals surface area contributed by atoms with Gasteiger partial charge in [-0.1, -0.05) is 56.6 Å². The van der Waals surface area contributed by atoms with Gasteiger partial charge in [0.25, 0.3) is 15.9 Å². The summed E-state index contributed by atoms with van der Waals surface area (Å²) in [5.74, 6) is -2.75. The molecule has 1 saturated heterocycles. The number of thiophene rings is 1. The molecular formula is C40H44ClN7O8S2. The number of benzene rings is 1. The average Bonchev–Trinajstić information content (AvgIpc) is 3.66. The first-order valence-electron chi connectivity index (χ1n) is 19.0. The molecule has 4 amide bonds. The van der Waals surface area contributed by atoms with Crippen LogP contribution in [0.2, 0.25) is 5.02 Å². The minimum absolute atomic E-state index is 0.0423. The minimum atomic E-state index is -4.50. The van der Waals surface area contributed by atoms with Crippen molar-refractivity contribution in [3.8, 4) is 16.5 Å². The highest BCUT2D eigenvalue weighted by atomic mass is 35.5. The summed E-state index contributed by atoms with van der Waals surface area (Å²) in [6.07, 6.45) is 5.33. The number of alkyl carbamates (subject to hydrolysis) is 1. The van der Waals surface area contributed by atoms with Gasteiger partial charge in [0.1, 0.15) is 40.4 Å². The number of hydrogen-bond donors (Lipinski definition) is 3. The maximum atomic E-state index is 14.7. The van der Waals surface area contributed by atoms with E-state index in [0.717, 1.165) is 36.8 Å². The summed E-state index contributed by atoms with van der Waals surface area (Å²) in [6, 6.07) is 10.0. The third kappa shape index (κ3) is 8.52. The van der Waals surface area contributed by atoms with Crippen LogP contribution in [0.1, 0.15) is 59.3 Å². The first-order valence-corrected chi connectivity index (χ1v) is 21.7. The Bertz CT molecular complexity index is 2350. The molecule has 5 atom stereocenters. The molecule has 1 aromatic carbocycles. The van der Waals surface area contributed by atoms with Crippen molar-refractivity contribution in [2.24, 2.45) is 11.3 Å². The molecule has 1 unspecified atom stereocenters. The molecule has 2 saturated carbocycles. The predicted octanol–water partition coefficient (Wildman–Crippen LogP) is 5.40. The molecular weight excluding hydrogens is 806 g/mol. The number of carbonyl (C=O) groups is 4. The number of pyridine rings is 1. The maximum Gasteiger partial charge on any atom is 0.408 e. The topological polar surface area (TPSA) is 199 Å². The van der Waals surface area contributed by atoms with E-state index in [1.54, 1.807) is 26.8 Å². The fraction of sp³-hybridized carbons (Fsp3) is 0.425. The fourth-order valence-corrected chi connectivity index (χ4v) is 9.64. The van der Waals surface area contributed by atoms with E-state index in [2.05, 4.69) is 22.2 Å². The lowest BCUT2D eigenvalue weighted by Crippen LogP contribution is -2.60. The highest BCUT2D eigenvalue weighted by molar-refractivity contribution is 7.90. The molecule has 58 heavy (non-hydrogen) atoms. The molecule has 2 aliphatic carbocycles. The van der Waals surface area contributed by atoms with Crippen LogP contribution in [0.5, 0.6) is 5.88 Å². The zero-order valence-electron chi connectivity index (χ0n) is 32.1. The highest BCUT2D eigenvalue weighted by Crippen LogP contribution is 2.45. The molecule has 0 bridgehead atoms. The standard InChI is InChI=1S/C40H44ClN7O8S2/c1-5-23-20-40(23,37(51)47-58(53,54)31-21-42-17-16-26(31)41)46-34(49)29-19-25(55-35-32(30-15-10-18-57-30)43-27-13-8-9-14-28(27)44-35)22-48(29)36(50)33(39(2,3)4)45-38(52)56-24-11-6-7-12-24/h5,8-10,13-18,21,23-25,29,33H,1,6-7,11-12,19-20,22H2,2-4H3,(H,45,52)(H,46,49)(H,47,51)/t23-,25-,29+,33-,40?/m1/s1. The molecule has 3 N–H and O–H groups in total. The quantitative estimate of drug-likeness (QED) is 0.154. The first kappa shape index (κ1) is 41.0. The Balaban J connectivity index is 1.19. The molecule has 306 valence electrons. The van der Waals surface area contributed by atoms with Gasteiger partial charge in [-0.15, -0.1) is 17.9 Å². The van der Waals surface area contributed by atoms with Crippen LogP contribution in [0.4, 0.5) is 4.79 Å². The summed E-state index contributed by atoms with van der Waals surface area (Å²) in [6.45, 7) is 9.04. The number of fused-ring (bicyclic) bond motifs is 1. The van der Waals surface area contributed by atoms with E-state index in [1.165, 1.54) is 34.6 Å². The second kappa shape index (κ2) is 16.3. The monoisotopic (exact) mass is 849 g/mol. The van der Waals surface area contributed by atoms with E-state index in [9.17, 15) is 27.6 Å². The Hall–Kier alpha value is -5.13. The number of likely N-dealkylation sites (tertiary alicyclic amines) is 1. The van der Waals surface area contributed by atoms with Crippen LogP contribution in [0, 0.1) is 11.3 Å². The largest absolute Gasteiger partial charge is 0.471 e. The van der Waals surface area contributed by atoms with Crippen molar-refractivity contribution < 1.29 is 37.1 Å². The summed E-state index contributed by atoms with van der Waals surface area (Å²) in [5, 5.41) is 7.29. The number of sulfonamides is 1. The van der Waals surface area contributed by atoms with Crippen LogP contribution >= 0.6 is 22.9 Å². The highest BCUT2D eigenvalue weighted by Gasteiger charge is 2.61. The number of nitrogens with one attached hydrogen (secondary N) is 3. The lowest BCUT2D eigenvalue weighted by Gasteiger charge is -2.35. The van der Waals surface area contributed by atoms with Gasteiger partial charge < -0.3 is 25.0 Å². The second-order valence-corrected chi connectivity index (χ2v) is 18.8. The van der Waals surface area contributed by atoms with Gasteiger partial charge in [-0.25, -0.2) is 27.9 Å². The molecule has 3 fully saturated rings. The Morgan fingerprint density at radius 1 is 1.05 bits per heavy atom. The maximum absolute atomic E-state index is 14.7. The molecule has 4 aromatic rings. The summed E-state index contributed by atoms with van der Waals surface area (Å²) < 4.78 is 40.8. The number of nitrogens with zero attached hydrogens (tertiary/aromatic N) is 4. The molecule has 4 heterocycles. The molecule has 0 spiro atoms. The lowest BCUT2D eigenvalue weighted by molar-refractivity contribution is -0.143. The smallest absolute Gasteiger partial charge is 0.408 e. The molecule has 0 radical (unpaired) electrons. The summed E-state index contributed by atoms with van der Waals surface area (Å²) >= 11 is 7.57. The number of halogens is 1. The zero-order chi connectivity index (χ0) is 41.4. The van der Waals surface area contributed by atoms with E-state index in [1.807, 2.05) is 40.4 Å². The van der Waals surface area contributed by atoms with Gasteiger partial charge in [0.15, 0.2) is 0 Å². The number of para-hydroxylation sites is 2. The molecule has 3 aliphatic rings. The summed E-state index contributed by atoms with van der Waals surface area (Å²) in [4.78, 5) is 71.4. The lowest BCUT2D eigenvalue weighted by atomic mass is 9.85. The molecule has 18 heteroatoms. The Morgan fingerprint density at radius 2 is 1.78 bits per heavy atom. The zero-order valence-corrected chi connectivity index (χ0v) is 34.5. The predicted molar refractivity (Wildman–Crippen MR) is 216 cm³/mol. The van der Waals surface area contributed by atoms with Crippen molar-refractivity contribution in [3.63, 3.8) is 0 Å². The van der Waals surface area contributed by atoms with Crippen molar-refractivity contribution >= 4 is 67.8 Å². The van der Waals surface area contributed by atoms with Crippen LogP contribution < -0.4 is 20.1 Å². The van der Waals surface area contributed by atoms with E-state index in [-0.39, 0.29) is 36.4 Å². The van der Waals surface area contributed by atoms with Crippen LogP contribution in [-0.4, -0.2) is 88.5 Å². The number of aromatic nitrogens is 3. The normalized spacial score (nSPS) is 22.6. The van der Waals surface area contributed by atoms with Gasteiger partial charge in [-0.05, 0) is 67.2 Å². The number of rotatable bonds is 12. The fourth-order valence-electron chi connectivity index (χ4n) is 7.46. The van der Waals surface area contributed by atoms with E-state index >= 15 is 0 Å². The van der Waals surface area contributed by atoms with E-state index in [4.69, 9.17) is 31.0 Å². The van der Waals surface area contributed by atoms with Crippen molar-refractivity contribution in [1.29, 1.82) is 0 Å². The molecule has 1 aliphatic heterocycles. The van der Waals surface area contributed by atoms with Crippen LogP contribution in [0.25, 0.3) is 21.6 Å². The summed E-state index contributed by atoms with van der Waals surface area (Å²) in [5.41, 5.74) is -0.830. The Kier molecular flexibility index (Phi) is 11.5. The Labute approximate surface area is 345 Å². The van der Waals surface area contributed by atoms with Gasteiger partial charge in [-0.3, -0.25) is 19.4 Å². The SMILES string of the molecule is C=C[C@@H]1CC1(NC(=O)[C@@H]1C[C@@H](Oc2nc3ccccc3nc2-c2cccs2)CN1C(=O)[C@@H](NC(=O)OC1CCCC1)C(C)(C)C)C(=O)NS(=O)(=O)c1cnccc1Cl. The van der Waals surface area contributed by atoms with E-state index in [0.29, 0.717) is 16.7 Å². The first-order chi connectivity index (χ1) is 27.6. The van der Waals surface area contributed by atoms with Crippen LogP contribution in [0.3, 0.4) is 0 Å². The molecule has 3 aromatic heterocycles. The van der Waals surface area contributed by atoms with Gasteiger partial charge >= 0.3 is 6.09 Å². The third-order valence-electron chi connectivity index (χ3n) is 10.7. The number of ether oxygens (including phenoxy) is 2.